The molecule has 2 aromatic rings. The number of H-pyrrole nitrogens is 1. The first kappa shape index (κ1) is 18.4. The molecule has 138 valence electrons. The van der Waals surface area contributed by atoms with Gasteiger partial charge in [0, 0.05) is 17.0 Å². The van der Waals surface area contributed by atoms with E-state index in [1.165, 1.54) is 0 Å². The average molecular weight is 374 g/mol. The predicted octanol–water partition coefficient (Wildman–Crippen LogP) is 3.07. The maximum absolute atomic E-state index is 13.1. The van der Waals surface area contributed by atoms with Crippen molar-refractivity contribution in [3.8, 4) is 0 Å². The Morgan fingerprint density at radius 2 is 2.19 bits per heavy atom. The maximum Gasteiger partial charge on any atom is 0.360 e. The Kier molecular flexibility index (Phi) is 5.92. The number of aromatic nitrogens is 3. The minimum atomic E-state index is -0.517. The van der Waals surface area contributed by atoms with Gasteiger partial charge in [0.15, 0.2) is 5.69 Å². The average Bonchev–Trinajstić information content (AvgIpc) is 3.30. The Hall–Kier alpha value is -2.35. The minimum Gasteiger partial charge on any atom is -0.461 e. The second-order valence-corrected chi connectivity index (χ2v) is 7.23. The molecule has 0 saturated carbocycles. The fraction of sp³-hybridized carbons (Fsp3) is 0.444. The topological polar surface area (TPSA) is 88.2 Å². The quantitative estimate of drug-likeness (QED) is 0.617. The van der Waals surface area contributed by atoms with E-state index in [0.717, 1.165) is 23.5 Å². The van der Waals surface area contributed by atoms with E-state index in [9.17, 15) is 9.59 Å². The van der Waals surface area contributed by atoms with Crippen LogP contribution in [-0.4, -0.2) is 51.1 Å². The van der Waals surface area contributed by atoms with E-state index in [2.05, 4.69) is 22.3 Å². The van der Waals surface area contributed by atoms with Crippen molar-refractivity contribution in [1.82, 2.24) is 20.3 Å². The van der Waals surface area contributed by atoms with Crippen LogP contribution in [0.2, 0.25) is 0 Å². The number of carbonyl (C=O) groups excluding carboxylic acids is 2. The van der Waals surface area contributed by atoms with Crippen LogP contribution in [0.1, 0.15) is 59.3 Å². The standard InChI is InChI=1S/C18H22N4O3S/c1-3-25-18(24)16-15(19-21-20-16)14-9-6-10-22(14)17(23)12-7-5-8-13(11-12)26-4-2/h5,7-8,11,14H,3-4,6,9-10H2,1-2H3,(H,19,20,21). The van der Waals surface area contributed by atoms with Crippen molar-refractivity contribution in [1.29, 1.82) is 0 Å². The van der Waals surface area contributed by atoms with E-state index in [-0.39, 0.29) is 24.2 Å². The molecule has 7 nitrogen and oxygen atoms in total. The number of ether oxygens (including phenoxy) is 1. The second-order valence-electron chi connectivity index (χ2n) is 5.90. The van der Waals surface area contributed by atoms with Gasteiger partial charge in [-0.1, -0.05) is 13.0 Å². The summed E-state index contributed by atoms with van der Waals surface area (Å²) >= 11 is 1.70. The second kappa shape index (κ2) is 8.35. The first-order valence-corrected chi connectivity index (χ1v) is 9.75. The highest BCUT2D eigenvalue weighted by atomic mass is 32.2. The van der Waals surface area contributed by atoms with Crippen LogP contribution in [0.4, 0.5) is 0 Å². The monoisotopic (exact) mass is 374 g/mol. The molecule has 1 aromatic carbocycles. The van der Waals surface area contributed by atoms with Crippen molar-refractivity contribution >= 4 is 23.6 Å². The van der Waals surface area contributed by atoms with Crippen molar-refractivity contribution in [2.75, 3.05) is 18.9 Å². The Morgan fingerprint density at radius 1 is 1.35 bits per heavy atom. The first-order valence-electron chi connectivity index (χ1n) is 8.77. The Labute approximate surface area is 156 Å². The lowest BCUT2D eigenvalue weighted by Gasteiger charge is -2.24. The van der Waals surface area contributed by atoms with Gasteiger partial charge in [0.2, 0.25) is 0 Å². The smallest absolute Gasteiger partial charge is 0.360 e. The molecular weight excluding hydrogens is 352 g/mol. The fourth-order valence-corrected chi connectivity index (χ4v) is 3.88. The SMILES string of the molecule is CCOC(=O)c1n[nH]nc1C1CCCN1C(=O)c1cccc(SCC)c1. The Balaban J connectivity index is 1.85. The molecule has 1 N–H and O–H groups in total. The molecule has 26 heavy (non-hydrogen) atoms. The Morgan fingerprint density at radius 3 is 2.96 bits per heavy atom. The highest BCUT2D eigenvalue weighted by molar-refractivity contribution is 7.99. The van der Waals surface area contributed by atoms with Gasteiger partial charge in [-0.3, -0.25) is 4.79 Å². The van der Waals surface area contributed by atoms with Gasteiger partial charge in [-0.15, -0.1) is 16.9 Å². The molecule has 3 rings (SSSR count). The summed E-state index contributed by atoms with van der Waals surface area (Å²) < 4.78 is 5.04. The summed E-state index contributed by atoms with van der Waals surface area (Å²) in [7, 11) is 0. The lowest BCUT2D eigenvalue weighted by Crippen LogP contribution is -2.31. The molecule has 1 aromatic heterocycles. The van der Waals surface area contributed by atoms with Crippen molar-refractivity contribution < 1.29 is 14.3 Å². The molecule has 1 amide bonds. The number of carbonyl (C=O) groups is 2. The van der Waals surface area contributed by atoms with Crippen LogP contribution in [0.15, 0.2) is 29.2 Å². The van der Waals surface area contributed by atoms with E-state index in [0.29, 0.717) is 17.8 Å². The van der Waals surface area contributed by atoms with Gasteiger partial charge in [-0.25, -0.2) is 4.79 Å². The van der Waals surface area contributed by atoms with Crippen molar-refractivity contribution in [2.24, 2.45) is 0 Å². The van der Waals surface area contributed by atoms with Gasteiger partial charge in [-0.05, 0) is 43.7 Å². The summed E-state index contributed by atoms with van der Waals surface area (Å²) in [4.78, 5) is 28.0. The van der Waals surface area contributed by atoms with Gasteiger partial charge in [0.25, 0.3) is 5.91 Å². The summed E-state index contributed by atoms with van der Waals surface area (Å²) in [6.45, 7) is 4.71. The van der Waals surface area contributed by atoms with E-state index in [1.807, 2.05) is 24.3 Å². The summed E-state index contributed by atoms with van der Waals surface area (Å²) in [6.07, 6.45) is 1.60. The normalized spacial score (nSPS) is 16.7. The zero-order valence-electron chi connectivity index (χ0n) is 14.9. The van der Waals surface area contributed by atoms with Crippen molar-refractivity contribution in [3.05, 3.63) is 41.2 Å². The number of hydrogen-bond acceptors (Lipinski definition) is 6. The molecule has 1 aliphatic heterocycles. The van der Waals surface area contributed by atoms with E-state index < -0.39 is 5.97 Å². The van der Waals surface area contributed by atoms with Crippen LogP contribution >= 0.6 is 11.8 Å². The highest BCUT2D eigenvalue weighted by Crippen LogP contribution is 2.34. The van der Waals surface area contributed by atoms with Gasteiger partial charge >= 0.3 is 5.97 Å². The third-order valence-corrected chi connectivity index (χ3v) is 5.14. The number of esters is 1. The molecule has 0 aliphatic carbocycles. The number of nitrogens with one attached hydrogen (secondary N) is 1. The number of thioether (sulfide) groups is 1. The zero-order chi connectivity index (χ0) is 18.5. The van der Waals surface area contributed by atoms with Gasteiger partial charge in [-0.2, -0.15) is 10.3 Å². The van der Waals surface area contributed by atoms with Crippen LogP contribution in [0.5, 0.6) is 0 Å². The van der Waals surface area contributed by atoms with E-state index >= 15 is 0 Å². The molecule has 8 heteroatoms. The highest BCUT2D eigenvalue weighted by Gasteiger charge is 2.36. The number of amides is 1. The van der Waals surface area contributed by atoms with Crippen LogP contribution in [0.25, 0.3) is 0 Å². The number of benzene rings is 1. The first-order chi connectivity index (χ1) is 12.7. The van der Waals surface area contributed by atoms with Gasteiger partial charge < -0.3 is 9.64 Å². The van der Waals surface area contributed by atoms with E-state index in [1.54, 1.807) is 23.6 Å². The third-order valence-electron chi connectivity index (χ3n) is 4.26. The van der Waals surface area contributed by atoms with Crippen LogP contribution in [-0.2, 0) is 4.74 Å². The lowest BCUT2D eigenvalue weighted by molar-refractivity contribution is 0.0512. The largest absolute Gasteiger partial charge is 0.461 e. The number of nitrogens with zero attached hydrogens (tertiary/aromatic N) is 3. The van der Waals surface area contributed by atoms with Gasteiger partial charge in [0.05, 0.1) is 12.6 Å². The number of aromatic amines is 1. The molecule has 1 saturated heterocycles. The summed E-state index contributed by atoms with van der Waals surface area (Å²) in [5.74, 6) is 0.381. The number of rotatable bonds is 6. The molecular formula is C18H22N4O3S. The molecule has 1 atom stereocenters. The van der Waals surface area contributed by atoms with Crippen molar-refractivity contribution in [3.63, 3.8) is 0 Å². The van der Waals surface area contributed by atoms with E-state index in [4.69, 9.17) is 4.74 Å². The summed E-state index contributed by atoms with van der Waals surface area (Å²) in [6, 6.07) is 7.37. The maximum atomic E-state index is 13.1. The molecule has 1 aliphatic rings. The summed E-state index contributed by atoms with van der Waals surface area (Å²) in [5.41, 5.74) is 1.29. The zero-order valence-corrected chi connectivity index (χ0v) is 15.7. The molecule has 1 unspecified atom stereocenters. The molecule has 0 bridgehead atoms. The van der Waals surface area contributed by atoms with Crippen molar-refractivity contribution in [2.45, 2.75) is 37.6 Å². The third kappa shape index (κ3) is 3.75. The molecule has 2 heterocycles. The Bertz CT molecular complexity index is 792. The molecule has 1 fully saturated rings. The fourth-order valence-electron chi connectivity index (χ4n) is 3.17. The molecule has 0 radical (unpaired) electrons. The predicted molar refractivity (Wildman–Crippen MR) is 98.2 cm³/mol. The van der Waals surface area contributed by atoms with Crippen LogP contribution in [0.3, 0.4) is 0 Å². The number of hydrogen-bond donors (Lipinski definition) is 1. The molecule has 0 spiro atoms. The lowest BCUT2D eigenvalue weighted by atomic mass is 10.1. The van der Waals surface area contributed by atoms with Crippen LogP contribution in [0, 0.1) is 0 Å². The summed E-state index contributed by atoms with van der Waals surface area (Å²) in [5, 5.41) is 10.6. The van der Waals surface area contributed by atoms with Crippen LogP contribution < -0.4 is 0 Å². The minimum absolute atomic E-state index is 0.0520. The van der Waals surface area contributed by atoms with Gasteiger partial charge in [0.1, 0.15) is 5.69 Å². The number of likely N-dealkylation sites (tertiary alicyclic amines) is 1.